The fourth-order valence-corrected chi connectivity index (χ4v) is 4.23. The molecule has 1 aliphatic heterocycles. The van der Waals surface area contributed by atoms with Crippen LogP contribution in [-0.2, 0) is 29.1 Å². The predicted octanol–water partition coefficient (Wildman–Crippen LogP) is 1.07. The first kappa shape index (κ1) is 22.9. The monoisotopic (exact) mass is 442 g/mol. The number of hydrogen-bond acceptors (Lipinski definition) is 8. The van der Waals surface area contributed by atoms with Crippen molar-refractivity contribution in [2.45, 2.75) is 11.3 Å². The van der Waals surface area contributed by atoms with Crippen molar-refractivity contribution in [2.75, 3.05) is 40.1 Å². The quantitative estimate of drug-likeness (QED) is 0.334. The van der Waals surface area contributed by atoms with Crippen molar-refractivity contribution in [3.05, 3.63) is 40.9 Å². The van der Waals surface area contributed by atoms with E-state index in [4.69, 9.17) is 4.74 Å². The number of amides is 1. The van der Waals surface area contributed by atoms with Gasteiger partial charge in [0.15, 0.2) is 0 Å². The molecule has 11 heteroatoms. The minimum atomic E-state index is -3.57. The van der Waals surface area contributed by atoms with Crippen LogP contribution < -0.4 is 0 Å². The molecule has 29 heavy (non-hydrogen) atoms. The van der Waals surface area contributed by atoms with E-state index in [1.165, 1.54) is 68.2 Å². The lowest BCUT2D eigenvalue weighted by molar-refractivity contribution is -0.134. The molecule has 1 aromatic rings. The number of nitrogens with zero attached hydrogens (tertiary/aromatic N) is 2. The molecule has 0 N–H and O–H groups in total. The Morgan fingerprint density at radius 2 is 1.90 bits per heavy atom. The van der Waals surface area contributed by atoms with Crippen LogP contribution in [0.25, 0.3) is 0 Å². The third-order valence-corrected chi connectivity index (χ3v) is 6.84. The Labute approximate surface area is 173 Å². The van der Waals surface area contributed by atoms with Crippen molar-refractivity contribution in [3.63, 3.8) is 0 Å². The van der Waals surface area contributed by atoms with E-state index in [1.807, 2.05) is 0 Å². The van der Waals surface area contributed by atoms with Gasteiger partial charge in [0, 0.05) is 20.6 Å². The summed E-state index contributed by atoms with van der Waals surface area (Å²) in [6.45, 7) is 0.360. The highest BCUT2D eigenvalue weighted by Gasteiger charge is 2.27. The van der Waals surface area contributed by atoms with Crippen LogP contribution >= 0.6 is 11.8 Å². The van der Waals surface area contributed by atoms with Crippen molar-refractivity contribution in [1.82, 2.24) is 9.21 Å². The maximum absolute atomic E-state index is 12.1. The van der Waals surface area contributed by atoms with E-state index in [0.29, 0.717) is 18.0 Å². The largest absolute Gasteiger partial charge is 0.466 e. The minimum Gasteiger partial charge on any atom is -0.466 e. The fraction of sp³-hybridized carbons (Fsp3) is 0.389. The number of thioether (sulfide) groups is 1. The van der Waals surface area contributed by atoms with Crippen molar-refractivity contribution < 1.29 is 32.3 Å². The summed E-state index contributed by atoms with van der Waals surface area (Å²) in [5.41, 5.74) is 0.224. The molecule has 1 saturated heterocycles. The van der Waals surface area contributed by atoms with Crippen LogP contribution in [0.4, 0.5) is 0 Å². The Balaban J connectivity index is 1.88. The second kappa shape index (κ2) is 9.90. The number of hydrogen-bond donors (Lipinski definition) is 0. The number of benzene rings is 1. The van der Waals surface area contributed by atoms with Crippen LogP contribution in [0.15, 0.2) is 40.3 Å². The van der Waals surface area contributed by atoms with E-state index in [1.54, 1.807) is 0 Å². The molecule has 0 atom stereocenters. The van der Waals surface area contributed by atoms with Crippen LogP contribution in [0.5, 0.6) is 0 Å². The van der Waals surface area contributed by atoms with Crippen LogP contribution in [0.3, 0.4) is 0 Å². The smallest absolute Gasteiger partial charge is 0.338 e. The molecule has 0 unspecified atom stereocenters. The average Bonchev–Trinajstić information content (AvgIpc) is 3.04. The molecule has 9 nitrogen and oxygen atoms in total. The summed E-state index contributed by atoms with van der Waals surface area (Å²) in [4.78, 5) is 36.9. The van der Waals surface area contributed by atoms with Crippen molar-refractivity contribution in [3.8, 4) is 0 Å². The molecule has 0 spiro atoms. The lowest BCUT2D eigenvalue weighted by Crippen LogP contribution is -2.27. The van der Waals surface area contributed by atoms with Gasteiger partial charge < -0.3 is 14.4 Å². The van der Waals surface area contributed by atoms with E-state index in [-0.39, 0.29) is 28.7 Å². The van der Waals surface area contributed by atoms with E-state index < -0.39 is 22.0 Å². The molecular formula is C18H22N2O7S2. The van der Waals surface area contributed by atoms with Crippen LogP contribution in [0.2, 0.25) is 0 Å². The van der Waals surface area contributed by atoms with Gasteiger partial charge in [0.05, 0.1) is 41.0 Å². The minimum absolute atomic E-state index is 0.0660. The van der Waals surface area contributed by atoms with E-state index in [2.05, 4.69) is 4.74 Å². The molecule has 1 heterocycles. The Bertz CT molecular complexity index is 909. The predicted molar refractivity (Wildman–Crippen MR) is 106 cm³/mol. The number of ether oxygens (including phenoxy) is 2. The summed E-state index contributed by atoms with van der Waals surface area (Å²) in [6.07, 6.45) is 1.63. The zero-order valence-electron chi connectivity index (χ0n) is 16.3. The van der Waals surface area contributed by atoms with Crippen molar-refractivity contribution in [1.29, 1.82) is 0 Å². The molecule has 2 rings (SSSR count). The number of sulfonamides is 1. The second-order valence-corrected chi connectivity index (χ2v) is 9.29. The van der Waals surface area contributed by atoms with Gasteiger partial charge in [0.25, 0.3) is 0 Å². The Morgan fingerprint density at radius 3 is 2.48 bits per heavy atom. The Kier molecular flexibility index (Phi) is 7.82. The second-order valence-electron chi connectivity index (χ2n) is 6.14. The van der Waals surface area contributed by atoms with E-state index in [9.17, 15) is 22.8 Å². The Hall–Kier alpha value is -2.37. The number of methoxy groups -OCH3 is 1. The Morgan fingerprint density at radius 1 is 1.24 bits per heavy atom. The normalized spacial score (nSPS) is 15.8. The first-order valence-corrected chi connectivity index (χ1v) is 11.0. The van der Waals surface area contributed by atoms with Crippen molar-refractivity contribution in [2.24, 2.45) is 0 Å². The highest BCUT2D eigenvalue weighted by Crippen LogP contribution is 2.28. The van der Waals surface area contributed by atoms with Crippen LogP contribution in [0, 0.1) is 0 Å². The summed E-state index contributed by atoms with van der Waals surface area (Å²) < 4.78 is 34.9. The number of esters is 2. The van der Waals surface area contributed by atoms with Gasteiger partial charge in [-0.2, -0.15) is 0 Å². The van der Waals surface area contributed by atoms with Gasteiger partial charge in [-0.25, -0.2) is 22.3 Å². The summed E-state index contributed by atoms with van der Waals surface area (Å²) in [5.74, 6) is -1.02. The van der Waals surface area contributed by atoms with Crippen LogP contribution in [0.1, 0.15) is 16.8 Å². The zero-order valence-corrected chi connectivity index (χ0v) is 17.9. The molecule has 0 radical (unpaired) electrons. The molecule has 1 aromatic carbocycles. The van der Waals surface area contributed by atoms with Crippen LogP contribution in [-0.4, -0.2) is 75.6 Å². The molecule has 1 aliphatic rings. The third kappa shape index (κ3) is 5.81. The van der Waals surface area contributed by atoms with Crippen molar-refractivity contribution >= 4 is 39.6 Å². The molecular weight excluding hydrogens is 420 g/mol. The highest BCUT2D eigenvalue weighted by atomic mass is 32.2. The van der Waals surface area contributed by atoms with Gasteiger partial charge in [-0.15, -0.1) is 0 Å². The maximum atomic E-state index is 12.1. The van der Waals surface area contributed by atoms with Gasteiger partial charge in [-0.1, -0.05) is 11.8 Å². The van der Waals surface area contributed by atoms with Gasteiger partial charge in [0.1, 0.15) is 0 Å². The molecule has 0 aromatic heterocycles. The summed E-state index contributed by atoms with van der Waals surface area (Å²) in [6, 6.07) is 5.46. The average molecular weight is 443 g/mol. The summed E-state index contributed by atoms with van der Waals surface area (Å²) in [5, 5.41) is 0.505. The number of carbonyl (C=O) groups excluding carboxylic acids is 3. The standard InChI is InChI=1S/C18H22N2O7S2/c1-19(2)29(24,25)14-7-5-13(6-8-14)18(23)27-10-4-9-20-15(21)12-28-16(20)11-17(22)26-3/h5-8,11H,4,9-10,12H2,1-3H3/b16-11+. The molecule has 1 amide bonds. The van der Waals surface area contributed by atoms with Gasteiger partial charge >= 0.3 is 11.9 Å². The molecule has 0 saturated carbocycles. The molecule has 1 fully saturated rings. The fourth-order valence-electron chi connectivity index (χ4n) is 2.37. The third-order valence-electron chi connectivity index (χ3n) is 3.98. The van der Waals surface area contributed by atoms with E-state index in [0.717, 1.165) is 4.31 Å². The lowest BCUT2D eigenvalue weighted by atomic mass is 10.2. The molecule has 0 aliphatic carbocycles. The summed E-state index contributed by atoms with van der Waals surface area (Å²) >= 11 is 1.25. The zero-order chi connectivity index (χ0) is 21.6. The first-order chi connectivity index (χ1) is 13.7. The molecule has 158 valence electrons. The lowest BCUT2D eigenvalue weighted by Gasteiger charge is -2.16. The summed E-state index contributed by atoms with van der Waals surface area (Å²) in [7, 11) is 0.537. The maximum Gasteiger partial charge on any atom is 0.338 e. The van der Waals surface area contributed by atoms with Gasteiger partial charge in [0.2, 0.25) is 15.9 Å². The first-order valence-electron chi connectivity index (χ1n) is 8.59. The topological polar surface area (TPSA) is 110 Å². The SMILES string of the molecule is COC(=O)/C=C1/SCC(=O)N1CCCOC(=O)c1ccc(S(=O)(=O)N(C)C)cc1. The van der Waals surface area contributed by atoms with Gasteiger partial charge in [-0.3, -0.25) is 4.79 Å². The highest BCUT2D eigenvalue weighted by molar-refractivity contribution is 8.04. The molecule has 0 bridgehead atoms. The number of rotatable bonds is 8. The van der Waals surface area contributed by atoms with E-state index >= 15 is 0 Å². The van der Waals surface area contributed by atoms with Gasteiger partial charge in [-0.05, 0) is 30.7 Å². The number of carbonyl (C=O) groups is 3.